The minimum absolute atomic E-state index is 0.148. The smallest absolute Gasteiger partial charge is 0.254 e. The van der Waals surface area contributed by atoms with Gasteiger partial charge in [-0.3, -0.25) is 10.0 Å². The van der Waals surface area contributed by atoms with E-state index < -0.39 is 6.04 Å². The molecule has 2 unspecified atom stereocenters. The number of nitrogens with zero attached hydrogens (tertiary/aromatic N) is 2. The topological polar surface area (TPSA) is 76.0 Å². The fraction of sp³-hybridized carbons (Fsp3) is 0.292. The van der Waals surface area contributed by atoms with Gasteiger partial charge in [0.2, 0.25) is 0 Å². The van der Waals surface area contributed by atoms with Crippen LogP contribution >= 0.6 is 0 Å². The number of aryl methyl sites for hydroxylation is 1. The summed E-state index contributed by atoms with van der Waals surface area (Å²) in [5, 5.41) is 24.9. The lowest BCUT2D eigenvalue weighted by molar-refractivity contribution is -0.131. The molecule has 2 heterocycles. The van der Waals surface area contributed by atoms with E-state index in [4.69, 9.17) is 0 Å². The molecule has 2 aliphatic heterocycles. The van der Waals surface area contributed by atoms with Crippen molar-refractivity contribution in [1.82, 2.24) is 9.96 Å². The van der Waals surface area contributed by atoms with Gasteiger partial charge >= 0.3 is 0 Å². The Morgan fingerprint density at radius 1 is 1.20 bits per heavy atom. The molecule has 0 saturated heterocycles. The second-order valence-corrected chi connectivity index (χ2v) is 8.36. The van der Waals surface area contributed by atoms with Crippen LogP contribution in [0.25, 0.3) is 16.7 Å². The molecule has 1 amide bonds. The first kappa shape index (κ1) is 20.2. The number of likely N-dealkylation sites (N-methyl/N-ethyl adjacent to an activating group) is 1. The molecule has 0 aliphatic carbocycles. The Bertz CT molecular complexity index is 1050. The molecule has 2 atom stereocenters. The first-order valence-corrected chi connectivity index (χ1v) is 10.1. The molecule has 0 saturated carbocycles. The summed E-state index contributed by atoms with van der Waals surface area (Å²) >= 11 is 0. The average molecular weight is 405 g/mol. The van der Waals surface area contributed by atoms with E-state index in [0.29, 0.717) is 22.7 Å². The van der Waals surface area contributed by atoms with Crippen LogP contribution in [0.2, 0.25) is 0 Å². The third-order valence-electron chi connectivity index (χ3n) is 5.77. The molecule has 0 fully saturated rings. The van der Waals surface area contributed by atoms with Crippen molar-refractivity contribution in [2.45, 2.75) is 25.8 Å². The van der Waals surface area contributed by atoms with E-state index in [1.165, 1.54) is 11.8 Å². The summed E-state index contributed by atoms with van der Waals surface area (Å²) in [4.78, 5) is 14.8. The van der Waals surface area contributed by atoms with Crippen LogP contribution in [0.5, 0.6) is 5.75 Å². The number of hydroxylamine groups is 2. The number of amides is 1. The first-order valence-electron chi connectivity index (χ1n) is 10.1. The number of benzene rings is 2. The van der Waals surface area contributed by atoms with Gasteiger partial charge in [0.05, 0.1) is 5.69 Å². The Labute approximate surface area is 176 Å². The number of phenols is 1. The Kier molecular flexibility index (Phi) is 5.13. The van der Waals surface area contributed by atoms with E-state index in [1.807, 2.05) is 25.1 Å². The van der Waals surface area contributed by atoms with E-state index >= 15 is 0 Å². The molecule has 3 N–H and O–H groups in total. The molecule has 30 heavy (non-hydrogen) atoms. The predicted molar refractivity (Wildman–Crippen MR) is 118 cm³/mol. The van der Waals surface area contributed by atoms with Crippen LogP contribution in [-0.4, -0.2) is 52.9 Å². The molecule has 6 nitrogen and oxygen atoms in total. The standard InChI is InChI=1S/C24H27N3O3/c1-14-12-19(28)20(17-9-7-16(8-10-17)15(2)13-26(3)4)21-18-6-5-11-27(30)23(18)24(29)25-22(14)21/h5-12,15,23,28,30H,13H2,1-4H3,(H,25,29). The van der Waals surface area contributed by atoms with Crippen molar-refractivity contribution in [1.29, 1.82) is 0 Å². The van der Waals surface area contributed by atoms with Gasteiger partial charge in [0.25, 0.3) is 5.91 Å². The maximum atomic E-state index is 12.6. The lowest BCUT2D eigenvalue weighted by Gasteiger charge is -2.35. The number of hydrogen-bond acceptors (Lipinski definition) is 5. The summed E-state index contributed by atoms with van der Waals surface area (Å²) in [6.45, 7) is 4.99. The van der Waals surface area contributed by atoms with Crippen LogP contribution in [0.15, 0.2) is 48.7 Å². The van der Waals surface area contributed by atoms with Gasteiger partial charge in [0, 0.05) is 23.9 Å². The van der Waals surface area contributed by atoms with Crippen LogP contribution in [0, 0.1) is 6.92 Å². The second-order valence-electron chi connectivity index (χ2n) is 8.36. The van der Waals surface area contributed by atoms with Crippen molar-refractivity contribution < 1.29 is 15.1 Å². The normalized spacial score (nSPS) is 18.6. The van der Waals surface area contributed by atoms with Gasteiger partial charge in [0.1, 0.15) is 5.75 Å². The van der Waals surface area contributed by atoms with Crippen LogP contribution < -0.4 is 5.32 Å². The molecule has 2 aromatic rings. The van der Waals surface area contributed by atoms with E-state index in [1.54, 1.807) is 12.1 Å². The third-order valence-corrected chi connectivity index (χ3v) is 5.77. The predicted octanol–water partition coefficient (Wildman–Crippen LogP) is 3.96. The molecule has 0 aromatic heterocycles. The highest BCUT2D eigenvalue weighted by Crippen LogP contribution is 2.47. The van der Waals surface area contributed by atoms with Crippen molar-refractivity contribution in [3.63, 3.8) is 0 Å². The van der Waals surface area contributed by atoms with Gasteiger partial charge in [-0.25, -0.2) is 5.06 Å². The number of allylic oxidation sites excluding steroid dienone is 2. The highest BCUT2D eigenvalue weighted by atomic mass is 16.5. The summed E-state index contributed by atoms with van der Waals surface area (Å²) in [6, 6.07) is 9.01. The fourth-order valence-corrected chi connectivity index (χ4v) is 4.40. The molecule has 0 spiro atoms. The molecule has 0 bridgehead atoms. The summed E-state index contributed by atoms with van der Waals surface area (Å²) in [7, 11) is 4.12. The molecule has 2 aromatic carbocycles. The van der Waals surface area contributed by atoms with Gasteiger partial charge < -0.3 is 15.3 Å². The summed E-state index contributed by atoms with van der Waals surface area (Å²) < 4.78 is 0. The van der Waals surface area contributed by atoms with Crippen molar-refractivity contribution in [2.75, 3.05) is 26.0 Å². The first-order chi connectivity index (χ1) is 14.3. The van der Waals surface area contributed by atoms with Crippen molar-refractivity contribution in [3.05, 3.63) is 65.4 Å². The Morgan fingerprint density at radius 3 is 2.57 bits per heavy atom. The molecular formula is C24H27N3O3. The van der Waals surface area contributed by atoms with Crippen LogP contribution in [-0.2, 0) is 4.79 Å². The minimum atomic E-state index is -0.846. The molecular weight excluding hydrogens is 378 g/mol. The zero-order valence-corrected chi connectivity index (χ0v) is 17.7. The van der Waals surface area contributed by atoms with Gasteiger partial charge in [-0.2, -0.15) is 0 Å². The Morgan fingerprint density at radius 2 is 1.90 bits per heavy atom. The highest BCUT2D eigenvalue weighted by Gasteiger charge is 2.38. The number of phenolic OH excluding ortho intramolecular Hbond substituents is 1. The number of rotatable bonds is 4. The molecule has 6 heteroatoms. The lowest BCUT2D eigenvalue weighted by atomic mass is 9.83. The molecule has 4 rings (SSSR count). The number of carbonyl (C=O) groups is 1. The van der Waals surface area contributed by atoms with Crippen LogP contribution in [0.4, 0.5) is 5.69 Å². The number of nitrogens with one attached hydrogen (secondary N) is 1. The summed E-state index contributed by atoms with van der Waals surface area (Å²) in [5.74, 6) is 0.232. The number of aromatic hydroxyl groups is 1. The maximum Gasteiger partial charge on any atom is 0.254 e. The van der Waals surface area contributed by atoms with Gasteiger partial charge in [-0.15, -0.1) is 0 Å². The van der Waals surface area contributed by atoms with E-state index in [0.717, 1.165) is 28.3 Å². The van der Waals surface area contributed by atoms with Crippen molar-refractivity contribution in [3.8, 4) is 16.9 Å². The quantitative estimate of drug-likeness (QED) is 0.672. The monoisotopic (exact) mass is 405 g/mol. The van der Waals surface area contributed by atoms with Crippen molar-refractivity contribution in [2.24, 2.45) is 0 Å². The molecule has 0 radical (unpaired) electrons. The summed E-state index contributed by atoms with van der Waals surface area (Å²) in [5.41, 5.74) is 5.59. The molecule has 2 aliphatic rings. The molecule has 156 valence electrons. The van der Waals surface area contributed by atoms with E-state index in [9.17, 15) is 15.1 Å². The van der Waals surface area contributed by atoms with Crippen LogP contribution in [0.3, 0.4) is 0 Å². The van der Waals surface area contributed by atoms with E-state index in [-0.39, 0.29) is 11.7 Å². The Hall–Kier alpha value is -3.09. The zero-order valence-electron chi connectivity index (χ0n) is 17.7. The zero-order chi connectivity index (χ0) is 21.6. The van der Waals surface area contributed by atoms with Gasteiger partial charge in [0.15, 0.2) is 6.04 Å². The lowest BCUT2D eigenvalue weighted by Crippen LogP contribution is -2.44. The largest absolute Gasteiger partial charge is 0.507 e. The summed E-state index contributed by atoms with van der Waals surface area (Å²) in [6.07, 6.45) is 4.98. The highest BCUT2D eigenvalue weighted by molar-refractivity contribution is 6.14. The SMILES string of the molecule is Cc1cc(O)c(-c2ccc(C(C)CN(C)C)cc2)c2c1NC(=O)C1C2=CC=CN1O. The Balaban J connectivity index is 1.85. The minimum Gasteiger partial charge on any atom is -0.507 e. The maximum absolute atomic E-state index is 12.6. The third kappa shape index (κ3) is 3.38. The fourth-order valence-electron chi connectivity index (χ4n) is 4.40. The average Bonchev–Trinajstić information content (AvgIpc) is 2.69. The van der Waals surface area contributed by atoms with Crippen LogP contribution in [0.1, 0.15) is 29.5 Å². The van der Waals surface area contributed by atoms with Gasteiger partial charge in [-0.1, -0.05) is 37.3 Å². The van der Waals surface area contributed by atoms with E-state index in [2.05, 4.69) is 43.4 Å². The van der Waals surface area contributed by atoms with Gasteiger partial charge in [-0.05, 0) is 61.3 Å². The number of hydrogen-bond donors (Lipinski definition) is 3. The number of fused-ring (bicyclic) bond motifs is 3. The second kappa shape index (κ2) is 7.63. The number of carbonyl (C=O) groups excluding carboxylic acids is 1. The number of anilines is 1. The van der Waals surface area contributed by atoms with Crippen molar-refractivity contribution >= 4 is 17.2 Å².